The summed E-state index contributed by atoms with van der Waals surface area (Å²) in [5.74, 6) is -0.800. The van der Waals surface area contributed by atoms with Gasteiger partial charge in [-0.1, -0.05) is 73.5 Å². The fourth-order valence-electron chi connectivity index (χ4n) is 5.35. The number of hydrogen-bond acceptors (Lipinski definition) is 4. The van der Waals surface area contributed by atoms with Crippen molar-refractivity contribution in [1.29, 1.82) is 0 Å². The molecule has 2 aliphatic rings. The van der Waals surface area contributed by atoms with E-state index < -0.39 is 17.0 Å². The smallest absolute Gasteiger partial charge is 0.265 e. The maximum absolute atomic E-state index is 14.1. The number of aliphatic hydroxyl groups is 1. The molecule has 6 heteroatoms. The second-order valence-corrected chi connectivity index (χ2v) is 9.25. The Morgan fingerprint density at radius 3 is 2.55 bits per heavy atom. The first-order valence-electron chi connectivity index (χ1n) is 11.2. The van der Waals surface area contributed by atoms with Crippen LogP contribution in [0.3, 0.4) is 0 Å². The van der Waals surface area contributed by atoms with Crippen LogP contribution in [-0.2, 0) is 15.9 Å². The third-order valence-corrected chi connectivity index (χ3v) is 7.04. The minimum absolute atomic E-state index is 0.334. The number of halogens is 1. The predicted octanol–water partition coefficient (Wildman–Crippen LogP) is 5.27. The molecular weight excluding hydrogens is 436 g/mol. The van der Waals surface area contributed by atoms with Crippen molar-refractivity contribution in [3.05, 3.63) is 94.5 Å². The van der Waals surface area contributed by atoms with Gasteiger partial charge in [0, 0.05) is 33.9 Å². The van der Waals surface area contributed by atoms with E-state index in [9.17, 15) is 14.7 Å². The quantitative estimate of drug-likeness (QED) is 0.492. The molecule has 3 aromatic carbocycles. The molecule has 0 aromatic heterocycles. The van der Waals surface area contributed by atoms with Gasteiger partial charge < -0.3 is 10.4 Å². The molecule has 33 heavy (non-hydrogen) atoms. The molecular formula is C27H25ClN2O3. The molecule has 2 heterocycles. The molecule has 3 aromatic rings. The van der Waals surface area contributed by atoms with E-state index in [2.05, 4.69) is 12.2 Å². The topological polar surface area (TPSA) is 69.6 Å². The number of fused-ring (bicyclic) bond motifs is 2. The second-order valence-electron chi connectivity index (χ2n) is 8.81. The molecule has 0 saturated carbocycles. The molecule has 2 aliphatic heterocycles. The minimum atomic E-state index is -1.95. The zero-order valence-corrected chi connectivity index (χ0v) is 19.1. The summed E-state index contributed by atoms with van der Waals surface area (Å²) in [6.07, 6.45) is 1.22. The Morgan fingerprint density at radius 2 is 1.79 bits per heavy atom. The van der Waals surface area contributed by atoms with E-state index in [0.717, 1.165) is 24.1 Å². The average molecular weight is 461 g/mol. The van der Waals surface area contributed by atoms with Crippen LogP contribution in [0.4, 0.5) is 11.4 Å². The first kappa shape index (κ1) is 21.7. The lowest BCUT2D eigenvalue weighted by atomic mass is 9.84. The van der Waals surface area contributed by atoms with E-state index >= 15 is 0 Å². The molecule has 168 valence electrons. The molecule has 2 atom stereocenters. The third kappa shape index (κ3) is 3.26. The molecule has 0 radical (unpaired) electrons. The monoisotopic (exact) mass is 460 g/mol. The number of benzene rings is 3. The van der Waals surface area contributed by atoms with Crippen molar-refractivity contribution in [2.75, 3.05) is 16.8 Å². The molecule has 0 aliphatic carbocycles. The van der Waals surface area contributed by atoms with Gasteiger partial charge in [0.2, 0.25) is 0 Å². The summed E-state index contributed by atoms with van der Waals surface area (Å²) >= 11 is 6.06. The Bertz CT molecular complexity index is 1260. The van der Waals surface area contributed by atoms with Gasteiger partial charge in [-0.3, -0.25) is 14.5 Å². The van der Waals surface area contributed by atoms with Crippen molar-refractivity contribution < 1.29 is 14.7 Å². The average Bonchev–Trinajstić information content (AvgIpc) is 3.28. The highest BCUT2D eigenvalue weighted by Crippen LogP contribution is 2.52. The van der Waals surface area contributed by atoms with Gasteiger partial charge in [-0.15, -0.1) is 0 Å². The van der Waals surface area contributed by atoms with Crippen molar-refractivity contribution in [3.8, 4) is 0 Å². The van der Waals surface area contributed by atoms with Crippen LogP contribution in [0.2, 0.25) is 5.02 Å². The number of para-hydroxylation sites is 2. The van der Waals surface area contributed by atoms with Crippen molar-refractivity contribution >= 4 is 34.7 Å². The maximum Gasteiger partial charge on any atom is 0.265 e. The summed E-state index contributed by atoms with van der Waals surface area (Å²) in [6, 6.07) is 21.8. The Kier molecular flexibility index (Phi) is 5.26. The number of rotatable bonds is 6. The summed E-state index contributed by atoms with van der Waals surface area (Å²) in [6.45, 7) is 2.63. The van der Waals surface area contributed by atoms with Crippen molar-refractivity contribution in [2.45, 2.75) is 37.3 Å². The van der Waals surface area contributed by atoms with Crippen LogP contribution in [0.5, 0.6) is 0 Å². The maximum atomic E-state index is 14.1. The van der Waals surface area contributed by atoms with Crippen LogP contribution >= 0.6 is 11.6 Å². The SMILES string of the molecule is CCCC1(N2C(=O)C(O)(CC(=O)c3cccc(Cl)c3)c3ccccc32)CNc2ccccc21. The van der Waals surface area contributed by atoms with Crippen LogP contribution in [0.25, 0.3) is 0 Å². The molecule has 1 amide bonds. The van der Waals surface area contributed by atoms with E-state index in [1.807, 2.05) is 36.4 Å². The summed E-state index contributed by atoms with van der Waals surface area (Å²) in [5, 5.41) is 15.7. The highest BCUT2D eigenvalue weighted by Gasteiger charge is 2.58. The van der Waals surface area contributed by atoms with Crippen LogP contribution in [0.15, 0.2) is 72.8 Å². The minimum Gasteiger partial charge on any atom is -0.382 e. The molecule has 2 unspecified atom stereocenters. The lowest BCUT2D eigenvalue weighted by Gasteiger charge is -2.40. The summed E-state index contributed by atoms with van der Waals surface area (Å²) in [5.41, 5.74) is 0.898. The Hall–Kier alpha value is -3.15. The highest BCUT2D eigenvalue weighted by molar-refractivity contribution is 6.31. The van der Waals surface area contributed by atoms with Crippen molar-refractivity contribution in [2.24, 2.45) is 0 Å². The van der Waals surface area contributed by atoms with E-state index in [1.165, 1.54) is 0 Å². The Labute approximate surface area is 198 Å². The third-order valence-electron chi connectivity index (χ3n) is 6.80. The number of Topliss-reactive ketones (excluding diaryl/α,β-unsaturated/α-hetero) is 1. The van der Waals surface area contributed by atoms with Crippen LogP contribution < -0.4 is 10.2 Å². The molecule has 0 fully saturated rings. The fraction of sp³-hybridized carbons (Fsp3) is 0.259. The van der Waals surface area contributed by atoms with Crippen LogP contribution in [0.1, 0.15) is 47.7 Å². The second kappa shape index (κ2) is 8.01. The standard InChI is InChI=1S/C27H25ClN2O3/c1-2-14-26(17-29-22-12-5-3-10-20(22)26)30-23-13-6-4-11-21(23)27(33,25(30)32)16-24(31)18-8-7-9-19(28)15-18/h3-13,15,29,33H,2,14,16-17H2,1H3. The zero-order chi connectivity index (χ0) is 23.2. The first-order valence-corrected chi connectivity index (χ1v) is 11.6. The van der Waals surface area contributed by atoms with Gasteiger partial charge in [0.1, 0.15) is 0 Å². The number of ketones is 1. The number of anilines is 2. The van der Waals surface area contributed by atoms with E-state index in [1.54, 1.807) is 41.3 Å². The van der Waals surface area contributed by atoms with Gasteiger partial charge in [0.05, 0.1) is 17.6 Å². The molecule has 5 nitrogen and oxygen atoms in total. The summed E-state index contributed by atoms with van der Waals surface area (Å²) in [4.78, 5) is 28.9. The van der Waals surface area contributed by atoms with E-state index in [-0.39, 0.29) is 12.2 Å². The molecule has 5 rings (SSSR count). The number of hydrogen-bond donors (Lipinski definition) is 2. The summed E-state index contributed by atoms with van der Waals surface area (Å²) in [7, 11) is 0. The molecule has 0 saturated heterocycles. The van der Waals surface area contributed by atoms with Crippen molar-refractivity contribution in [1.82, 2.24) is 0 Å². The summed E-state index contributed by atoms with van der Waals surface area (Å²) < 4.78 is 0. The molecule has 0 spiro atoms. The van der Waals surface area contributed by atoms with Gasteiger partial charge in [0.25, 0.3) is 5.91 Å². The van der Waals surface area contributed by atoms with Crippen molar-refractivity contribution in [3.63, 3.8) is 0 Å². The largest absolute Gasteiger partial charge is 0.382 e. The van der Waals surface area contributed by atoms with E-state index in [0.29, 0.717) is 28.4 Å². The van der Waals surface area contributed by atoms with Gasteiger partial charge in [-0.25, -0.2) is 0 Å². The lowest BCUT2D eigenvalue weighted by molar-refractivity contribution is -0.137. The van der Waals surface area contributed by atoms with E-state index in [4.69, 9.17) is 11.6 Å². The van der Waals surface area contributed by atoms with Crippen LogP contribution in [0, 0.1) is 0 Å². The van der Waals surface area contributed by atoms with Gasteiger partial charge in [0.15, 0.2) is 11.4 Å². The Morgan fingerprint density at radius 1 is 1.06 bits per heavy atom. The first-order chi connectivity index (χ1) is 15.9. The van der Waals surface area contributed by atoms with Gasteiger partial charge >= 0.3 is 0 Å². The fourth-order valence-corrected chi connectivity index (χ4v) is 5.54. The van der Waals surface area contributed by atoms with Gasteiger partial charge in [-0.2, -0.15) is 0 Å². The highest BCUT2D eigenvalue weighted by atomic mass is 35.5. The number of carbonyl (C=O) groups is 2. The van der Waals surface area contributed by atoms with Gasteiger partial charge in [-0.05, 0) is 30.7 Å². The normalized spacial score (nSPS) is 23.2. The Balaban J connectivity index is 1.61. The number of carbonyl (C=O) groups excluding carboxylic acids is 2. The predicted molar refractivity (Wildman–Crippen MR) is 130 cm³/mol. The number of amides is 1. The number of nitrogens with zero attached hydrogens (tertiary/aromatic N) is 1. The number of nitrogens with one attached hydrogen (secondary N) is 1. The zero-order valence-electron chi connectivity index (χ0n) is 18.3. The lowest BCUT2D eigenvalue weighted by Crippen LogP contribution is -2.53. The molecule has 0 bridgehead atoms. The molecule has 2 N–H and O–H groups in total. The van der Waals surface area contributed by atoms with Crippen LogP contribution in [-0.4, -0.2) is 23.3 Å².